The van der Waals surface area contributed by atoms with Gasteiger partial charge >= 0.3 is 6.01 Å². The highest BCUT2D eigenvalue weighted by atomic mass is 16.5. The molecule has 3 aromatic heterocycles. The van der Waals surface area contributed by atoms with Gasteiger partial charge in [0.05, 0.1) is 28.9 Å². The number of aryl methyl sites for hydroxylation is 1. The van der Waals surface area contributed by atoms with Crippen molar-refractivity contribution in [2.24, 2.45) is 0 Å². The molecule has 0 aliphatic carbocycles. The molecule has 0 unspecified atom stereocenters. The predicted octanol–water partition coefficient (Wildman–Crippen LogP) is 4.11. The summed E-state index contributed by atoms with van der Waals surface area (Å²) in [6.07, 6.45) is 6.00. The van der Waals surface area contributed by atoms with E-state index < -0.39 is 0 Å². The summed E-state index contributed by atoms with van der Waals surface area (Å²) in [5.74, 6) is 0.881. The Morgan fingerprint density at radius 3 is 2.84 bits per heavy atom. The lowest BCUT2D eigenvalue weighted by Crippen LogP contribution is -2.44. The standard InChI is InChI=1S/C28H31N7O2/c1-17-5-6-22-21(15-30-33-22)24(17)20-14-23-25(26-19(20)7-13-36-26)27(35-11-8-29-9-12-35)32-28(31-23)37-16-18-4-3-10-34(18)2/h5-7,13-15,18,29H,3-4,8-12,16H2,1-2H3,(H,30,33)/t18-/m0/s1. The molecule has 2 aromatic carbocycles. The highest BCUT2D eigenvalue weighted by Crippen LogP contribution is 2.42. The van der Waals surface area contributed by atoms with Gasteiger partial charge in [-0.15, -0.1) is 0 Å². The van der Waals surface area contributed by atoms with E-state index in [2.05, 4.69) is 57.5 Å². The van der Waals surface area contributed by atoms with Crippen molar-refractivity contribution < 1.29 is 9.15 Å². The second kappa shape index (κ2) is 9.00. The maximum Gasteiger partial charge on any atom is 0.319 e. The Bertz CT molecular complexity index is 1600. The van der Waals surface area contributed by atoms with Crippen LogP contribution >= 0.6 is 0 Å². The molecule has 5 aromatic rings. The Hall–Kier alpha value is -3.69. The molecule has 5 heterocycles. The van der Waals surface area contributed by atoms with E-state index in [4.69, 9.17) is 19.1 Å². The Morgan fingerprint density at radius 2 is 2.00 bits per heavy atom. The number of likely N-dealkylation sites (tertiary alicyclic amines) is 1. The third-order valence-corrected chi connectivity index (χ3v) is 7.96. The van der Waals surface area contributed by atoms with Gasteiger partial charge in [0.25, 0.3) is 0 Å². The summed E-state index contributed by atoms with van der Waals surface area (Å²) in [7, 11) is 2.16. The van der Waals surface area contributed by atoms with Crippen molar-refractivity contribution in [3.05, 3.63) is 42.3 Å². The number of benzene rings is 2. The van der Waals surface area contributed by atoms with Crippen LogP contribution in [0.5, 0.6) is 6.01 Å². The van der Waals surface area contributed by atoms with Gasteiger partial charge in [-0.3, -0.25) is 5.10 Å². The number of piperazine rings is 1. The third-order valence-electron chi connectivity index (χ3n) is 7.96. The van der Waals surface area contributed by atoms with Gasteiger partial charge < -0.3 is 24.3 Å². The zero-order valence-corrected chi connectivity index (χ0v) is 21.3. The van der Waals surface area contributed by atoms with Crippen molar-refractivity contribution >= 4 is 38.6 Å². The van der Waals surface area contributed by atoms with Crippen LogP contribution in [0, 0.1) is 6.92 Å². The lowest BCUT2D eigenvalue weighted by molar-refractivity contribution is 0.188. The maximum absolute atomic E-state index is 6.27. The first kappa shape index (κ1) is 22.5. The van der Waals surface area contributed by atoms with E-state index in [1.54, 1.807) is 6.26 Å². The fourth-order valence-electron chi connectivity index (χ4n) is 5.92. The van der Waals surface area contributed by atoms with E-state index in [1.807, 2.05) is 12.3 Å². The molecule has 0 spiro atoms. The summed E-state index contributed by atoms with van der Waals surface area (Å²) in [4.78, 5) is 14.6. The highest BCUT2D eigenvalue weighted by molar-refractivity contribution is 6.16. The molecule has 2 aliphatic heterocycles. The van der Waals surface area contributed by atoms with Crippen LogP contribution in [0.15, 0.2) is 41.1 Å². The Morgan fingerprint density at radius 1 is 1.11 bits per heavy atom. The van der Waals surface area contributed by atoms with Gasteiger partial charge in [0.1, 0.15) is 18.0 Å². The number of fused-ring (bicyclic) bond motifs is 4. The number of likely N-dealkylation sites (N-methyl/N-ethyl adjacent to an activating group) is 1. The van der Waals surface area contributed by atoms with E-state index in [9.17, 15) is 0 Å². The summed E-state index contributed by atoms with van der Waals surface area (Å²) in [6, 6.07) is 9.24. The number of hydrogen-bond donors (Lipinski definition) is 2. The lowest BCUT2D eigenvalue weighted by atomic mass is 9.93. The van der Waals surface area contributed by atoms with Crippen LogP contribution in [-0.4, -0.2) is 77.5 Å². The SMILES string of the molecule is Cc1ccc2[nH]ncc2c1-c1cc2nc(OC[C@@H]3CCCN3C)nc(N3CCNCC3)c2c2occc12. The molecule has 2 N–H and O–H groups in total. The van der Waals surface area contributed by atoms with Gasteiger partial charge in [-0.25, -0.2) is 0 Å². The van der Waals surface area contributed by atoms with Crippen molar-refractivity contribution in [1.82, 2.24) is 30.4 Å². The molecule has 37 heavy (non-hydrogen) atoms. The monoisotopic (exact) mass is 497 g/mol. The van der Waals surface area contributed by atoms with Gasteiger partial charge in [0.15, 0.2) is 0 Å². The topological polar surface area (TPSA) is 95.3 Å². The number of anilines is 1. The fourth-order valence-corrected chi connectivity index (χ4v) is 5.92. The predicted molar refractivity (Wildman–Crippen MR) is 145 cm³/mol. The quantitative estimate of drug-likeness (QED) is 0.375. The maximum atomic E-state index is 6.27. The van der Waals surface area contributed by atoms with Crippen molar-refractivity contribution in [3.63, 3.8) is 0 Å². The minimum Gasteiger partial charge on any atom is -0.463 e. The number of nitrogens with one attached hydrogen (secondary N) is 2. The Labute approximate surface area is 214 Å². The molecule has 9 nitrogen and oxygen atoms in total. The van der Waals surface area contributed by atoms with Crippen molar-refractivity contribution in [2.75, 3.05) is 51.3 Å². The number of aromatic amines is 1. The summed E-state index contributed by atoms with van der Waals surface area (Å²) >= 11 is 0. The normalized spacial score (nSPS) is 19.0. The molecule has 0 saturated carbocycles. The highest BCUT2D eigenvalue weighted by Gasteiger charge is 2.25. The minimum atomic E-state index is 0.395. The fraction of sp³-hybridized carbons (Fsp3) is 0.393. The Balaban J connectivity index is 1.43. The molecule has 1 atom stereocenters. The second-order valence-electron chi connectivity index (χ2n) is 10.2. The van der Waals surface area contributed by atoms with Gasteiger partial charge in [0, 0.05) is 43.0 Å². The van der Waals surface area contributed by atoms with Crippen LogP contribution in [0.25, 0.3) is 43.9 Å². The largest absolute Gasteiger partial charge is 0.463 e. The van der Waals surface area contributed by atoms with Crippen LogP contribution in [0.2, 0.25) is 0 Å². The lowest BCUT2D eigenvalue weighted by Gasteiger charge is -2.29. The summed E-state index contributed by atoms with van der Waals surface area (Å²) in [6.45, 7) is 7.40. The van der Waals surface area contributed by atoms with Crippen molar-refractivity contribution in [1.29, 1.82) is 0 Å². The average Bonchev–Trinajstić information content (AvgIpc) is 3.68. The molecular weight excluding hydrogens is 466 g/mol. The number of H-pyrrole nitrogens is 1. The van der Waals surface area contributed by atoms with E-state index in [1.165, 1.54) is 12.0 Å². The van der Waals surface area contributed by atoms with Crippen LogP contribution in [0.4, 0.5) is 5.82 Å². The van der Waals surface area contributed by atoms with Crippen LogP contribution in [0.3, 0.4) is 0 Å². The van der Waals surface area contributed by atoms with E-state index in [-0.39, 0.29) is 0 Å². The van der Waals surface area contributed by atoms with Crippen LogP contribution in [0.1, 0.15) is 18.4 Å². The zero-order chi connectivity index (χ0) is 24.9. The van der Waals surface area contributed by atoms with Crippen LogP contribution in [-0.2, 0) is 0 Å². The first-order valence-corrected chi connectivity index (χ1v) is 13.1. The molecular formula is C28H31N7O2. The average molecular weight is 498 g/mol. The number of nitrogens with zero attached hydrogens (tertiary/aromatic N) is 5. The first-order chi connectivity index (χ1) is 18.2. The Kier molecular flexibility index (Phi) is 5.48. The molecule has 7 rings (SSSR count). The van der Waals surface area contributed by atoms with Gasteiger partial charge in [-0.1, -0.05) is 6.07 Å². The minimum absolute atomic E-state index is 0.395. The summed E-state index contributed by atoms with van der Waals surface area (Å²) in [5.41, 5.74) is 6.03. The number of hydrogen-bond acceptors (Lipinski definition) is 8. The molecule has 9 heteroatoms. The van der Waals surface area contributed by atoms with Crippen molar-refractivity contribution in [3.8, 4) is 17.1 Å². The number of ether oxygens (including phenoxy) is 1. The zero-order valence-electron chi connectivity index (χ0n) is 21.3. The molecule has 190 valence electrons. The number of furan rings is 1. The molecule has 2 saturated heterocycles. The van der Waals surface area contributed by atoms with Crippen molar-refractivity contribution in [2.45, 2.75) is 25.8 Å². The summed E-state index contributed by atoms with van der Waals surface area (Å²) < 4.78 is 12.4. The molecule has 0 radical (unpaired) electrons. The van der Waals surface area contributed by atoms with E-state index in [0.717, 1.165) is 88.9 Å². The number of rotatable bonds is 5. The molecule has 2 fully saturated rings. The smallest absolute Gasteiger partial charge is 0.319 e. The second-order valence-corrected chi connectivity index (χ2v) is 10.2. The molecule has 2 aliphatic rings. The molecule has 0 bridgehead atoms. The van der Waals surface area contributed by atoms with Gasteiger partial charge in [-0.2, -0.15) is 15.1 Å². The van der Waals surface area contributed by atoms with E-state index >= 15 is 0 Å². The third kappa shape index (κ3) is 3.81. The number of aromatic nitrogens is 4. The molecule has 0 amide bonds. The van der Waals surface area contributed by atoms with Crippen LogP contribution < -0.4 is 15.0 Å². The van der Waals surface area contributed by atoms with Gasteiger partial charge in [-0.05, 0) is 68.2 Å². The first-order valence-electron chi connectivity index (χ1n) is 13.1. The van der Waals surface area contributed by atoms with E-state index in [0.29, 0.717) is 18.7 Å². The van der Waals surface area contributed by atoms with Gasteiger partial charge in [0.2, 0.25) is 0 Å². The summed E-state index contributed by atoms with van der Waals surface area (Å²) in [5, 5.41) is 13.9.